The van der Waals surface area contributed by atoms with Crippen molar-refractivity contribution < 1.29 is 0 Å². The van der Waals surface area contributed by atoms with Gasteiger partial charge < -0.3 is 4.98 Å². The van der Waals surface area contributed by atoms with E-state index in [4.69, 9.17) is 0 Å². The molecule has 0 aliphatic rings. The largest absolute Gasteiger partial charge is 0.331 e. The van der Waals surface area contributed by atoms with E-state index >= 15 is 0 Å². The van der Waals surface area contributed by atoms with Crippen molar-refractivity contribution in [1.29, 1.82) is 0 Å². The van der Waals surface area contributed by atoms with E-state index in [2.05, 4.69) is 45.0 Å². The first-order chi connectivity index (χ1) is 7.14. The third-order valence-electron chi connectivity index (χ3n) is 3.04. The summed E-state index contributed by atoms with van der Waals surface area (Å²) in [5.74, 6) is 0. The Morgan fingerprint density at radius 1 is 1.13 bits per heavy atom. The molecule has 1 atom stereocenters. The van der Waals surface area contributed by atoms with Crippen molar-refractivity contribution >= 4 is 8.24 Å². The van der Waals surface area contributed by atoms with Crippen LogP contribution in [0.1, 0.15) is 53.4 Å². The van der Waals surface area contributed by atoms with Crippen LogP contribution in [0.25, 0.3) is 0 Å². The fourth-order valence-electron chi connectivity index (χ4n) is 2.42. The summed E-state index contributed by atoms with van der Waals surface area (Å²) in [5.41, 5.74) is 2.27. The molecule has 0 spiro atoms. The standard InChI is InChI=1S/C13H29NSi/c1-6-10-13(5)14-15(9-4,11-7-2)12-8-3/h9,13-14H,4,6-8,10-12H2,1-3,5H3. The topological polar surface area (TPSA) is 12.0 Å². The van der Waals surface area contributed by atoms with Gasteiger partial charge >= 0.3 is 0 Å². The average molecular weight is 227 g/mol. The van der Waals surface area contributed by atoms with E-state index in [9.17, 15) is 0 Å². The first kappa shape index (κ1) is 14.9. The van der Waals surface area contributed by atoms with E-state index < -0.39 is 8.24 Å². The molecule has 0 aromatic rings. The van der Waals surface area contributed by atoms with Gasteiger partial charge in [0.2, 0.25) is 0 Å². The SMILES string of the molecule is C=C[Si](CCC)(CCC)NC(C)CCC. The Hall–Kier alpha value is -0.0831. The number of nitrogens with one attached hydrogen (secondary N) is 1. The zero-order valence-corrected chi connectivity index (χ0v) is 12.1. The van der Waals surface area contributed by atoms with Crippen molar-refractivity contribution in [1.82, 2.24) is 4.98 Å². The first-order valence-corrected chi connectivity index (χ1v) is 9.04. The third-order valence-corrected chi connectivity index (χ3v) is 7.67. The van der Waals surface area contributed by atoms with Gasteiger partial charge in [0, 0.05) is 0 Å². The van der Waals surface area contributed by atoms with Gasteiger partial charge in [-0.3, -0.25) is 0 Å². The van der Waals surface area contributed by atoms with Gasteiger partial charge in [-0.2, -0.15) is 0 Å². The van der Waals surface area contributed by atoms with E-state index in [1.54, 1.807) is 0 Å². The lowest BCUT2D eigenvalue weighted by molar-refractivity contribution is 0.592. The molecule has 0 saturated heterocycles. The third kappa shape index (κ3) is 5.52. The second-order valence-corrected chi connectivity index (χ2v) is 8.70. The van der Waals surface area contributed by atoms with Gasteiger partial charge in [-0.25, -0.2) is 0 Å². The highest BCUT2D eigenvalue weighted by Gasteiger charge is 2.28. The lowest BCUT2D eigenvalue weighted by atomic mass is 10.2. The summed E-state index contributed by atoms with van der Waals surface area (Å²) in [4.78, 5) is 3.90. The van der Waals surface area contributed by atoms with Crippen LogP contribution in [-0.2, 0) is 0 Å². The van der Waals surface area contributed by atoms with Crippen LogP contribution in [0, 0.1) is 0 Å². The minimum absolute atomic E-state index is 0.665. The minimum Gasteiger partial charge on any atom is -0.331 e. The summed E-state index contributed by atoms with van der Waals surface area (Å²) in [7, 11) is -1.36. The van der Waals surface area contributed by atoms with Gasteiger partial charge in [0.25, 0.3) is 0 Å². The lowest BCUT2D eigenvalue weighted by Gasteiger charge is -2.32. The van der Waals surface area contributed by atoms with Crippen molar-refractivity contribution in [2.24, 2.45) is 0 Å². The molecule has 0 rings (SSSR count). The molecule has 0 heterocycles. The first-order valence-electron chi connectivity index (χ1n) is 6.55. The van der Waals surface area contributed by atoms with Gasteiger partial charge in [-0.05, 0) is 24.6 Å². The zero-order valence-electron chi connectivity index (χ0n) is 11.1. The number of hydrogen-bond acceptors (Lipinski definition) is 1. The molecular weight excluding hydrogens is 198 g/mol. The minimum atomic E-state index is -1.36. The molecule has 0 radical (unpaired) electrons. The number of hydrogen-bond donors (Lipinski definition) is 1. The summed E-state index contributed by atoms with van der Waals surface area (Å²) in [6.07, 6.45) is 5.12. The summed E-state index contributed by atoms with van der Waals surface area (Å²) in [6.45, 7) is 13.2. The smallest absolute Gasteiger partial charge is 0.150 e. The predicted molar refractivity (Wildman–Crippen MR) is 73.7 cm³/mol. The Kier molecular flexibility index (Phi) is 8.07. The molecule has 2 heteroatoms. The molecule has 0 bridgehead atoms. The van der Waals surface area contributed by atoms with Crippen molar-refractivity contribution in [2.45, 2.75) is 71.5 Å². The van der Waals surface area contributed by atoms with Gasteiger partial charge in [0.15, 0.2) is 0 Å². The molecule has 0 amide bonds. The summed E-state index contributed by atoms with van der Waals surface area (Å²) in [6, 6.07) is 3.36. The summed E-state index contributed by atoms with van der Waals surface area (Å²) >= 11 is 0. The molecule has 0 saturated carbocycles. The molecule has 1 unspecified atom stereocenters. The van der Waals surface area contributed by atoms with E-state index in [1.165, 1.54) is 37.8 Å². The fourth-order valence-corrected chi connectivity index (χ4v) is 6.40. The number of rotatable bonds is 9. The Labute approximate surface area is 97.4 Å². The Morgan fingerprint density at radius 3 is 2.00 bits per heavy atom. The van der Waals surface area contributed by atoms with Crippen LogP contribution in [0.3, 0.4) is 0 Å². The molecule has 15 heavy (non-hydrogen) atoms. The molecule has 1 N–H and O–H groups in total. The van der Waals surface area contributed by atoms with Crippen molar-refractivity contribution in [2.75, 3.05) is 0 Å². The van der Waals surface area contributed by atoms with Crippen LogP contribution in [-0.4, -0.2) is 14.3 Å². The van der Waals surface area contributed by atoms with E-state index in [-0.39, 0.29) is 0 Å². The highest BCUT2D eigenvalue weighted by molar-refractivity contribution is 6.82. The molecule has 90 valence electrons. The maximum absolute atomic E-state index is 4.08. The fraction of sp³-hybridized carbons (Fsp3) is 0.846. The molecular formula is C13H29NSi. The van der Waals surface area contributed by atoms with Gasteiger partial charge in [-0.15, -0.1) is 6.58 Å². The highest BCUT2D eigenvalue weighted by Crippen LogP contribution is 2.19. The Balaban J connectivity index is 4.37. The molecule has 0 fully saturated rings. The van der Waals surface area contributed by atoms with Crippen molar-refractivity contribution in [3.05, 3.63) is 12.3 Å². The molecule has 0 aromatic carbocycles. The van der Waals surface area contributed by atoms with Gasteiger partial charge in [0.1, 0.15) is 8.24 Å². The van der Waals surface area contributed by atoms with Crippen LogP contribution >= 0.6 is 0 Å². The second-order valence-electron chi connectivity index (χ2n) is 4.69. The van der Waals surface area contributed by atoms with Crippen LogP contribution in [0.15, 0.2) is 12.3 Å². The van der Waals surface area contributed by atoms with E-state index in [1.807, 2.05) is 0 Å². The van der Waals surface area contributed by atoms with Crippen molar-refractivity contribution in [3.8, 4) is 0 Å². The van der Waals surface area contributed by atoms with Gasteiger partial charge in [0.05, 0.1) is 0 Å². The second kappa shape index (κ2) is 8.11. The zero-order chi connectivity index (χ0) is 11.7. The quantitative estimate of drug-likeness (QED) is 0.581. The normalized spacial score (nSPS) is 13.9. The monoisotopic (exact) mass is 227 g/mol. The average Bonchev–Trinajstić information content (AvgIpc) is 2.18. The van der Waals surface area contributed by atoms with Crippen LogP contribution in [0.2, 0.25) is 12.1 Å². The van der Waals surface area contributed by atoms with Gasteiger partial charge in [-0.1, -0.05) is 52.7 Å². The van der Waals surface area contributed by atoms with E-state index in [0.29, 0.717) is 6.04 Å². The Bertz CT molecular complexity index is 162. The van der Waals surface area contributed by atoms with Crippen LogP contribution < -0.4 is 4.98 Å². The van der Waals surface area contributed by atoms with E-state index in [0.717, 1.165) is 0 Å². The summed E-state index contributed by atoms with van der Waals surface area (Å²) < 4.78 is 0. The molecule has 0 aliphatic heterocycles. The maximum atomic E-state index is 4.08. The van der Waals surface area contributed by atoms with Crippen molar-refractivity contribution in [3.63, 3.8) is 0 Å². The van der Waals surface area contributed by atoms with Crippen LogP contribution in [0.5, 0.6) is 0 Å². The maximum Gasteiger partial charge on any atom is 0.150 e. The predicted octanol–water partition coefficient (Wildman–Crippen LogP) is 4.26. The molecule has 0 aliphatic carbocycles. The summed E-state index contributed by atoms with van der Waals surface area (Å²) in [5, 5.41) is 0. The highest BCUT2D eigenvalue weighted by atomic mass is 28.3. The van der Waals surface area contributed by atoms with Crippen LogP contribution in [0.4, 0.5) is 0 Å². The molecule has 1 nitrogen and oxygen atoms in total. The lowest BCUT2D eigenvalue weighted by Crippen LogP contribution is -2.52. The Morgan fingerprint density at radius 2 is 1.67 bits per heavy atom. The molecule has 0 aromatic heterocycles.